The van der Waals surface area contributed by atoms with Crippen LogP contribution in [0.2, 0.25) is 0 Å². The first-order chi connectivity index (χ1) is 7.27. The first-order valence-corrected chi connectivity index (χ1v) is 5.04. The minimum absolute atomic E-state index is 0.230. The van der Waals surface area contributed by atoms with Gasteiger partial charge in [0.05, 0.1) is 25.7 Å². The van der Waals surface area contributed by atoms with E-state index in [1.54, 1.807) is 12.5 Å². The predicted octanol–water partition coefficient (Wildman–Crippen LogP) is 0.556. The number of rotatable bonds is 6. The van der Waals surface area contributed by atoms with Crippen LogP contribution >= 0.6 is 0 Å². The van der Waals surface area contributed by atoms with E-state index in [4.69, 9.17) is 0 Å². The molecule has 0 unspecified atom stereocenters. The summed E-state index contributed by atoms with van der Waals surface area (Å²) in [6.45, 7) is 3.93. The molecule has 0 saturated carbocycles. The van der Waals surface area contributed by atoms with Crippen molar-refractivity contribution in [3.05, 3.63) is 18.2 Å². The number of nitrogens with one attached hydrogen (secondary N) is 1. The van der Waals surface area contributed by atoms with Crippen LogP contribution in [0.25, 0.3) is 0 Å². The van der Waals surface area contributed by atoms with E-state index >= 15 is 0 Å². The van der Waals surface area contributed by atoms with Crippen LogP contribution < -0.4 is 5.32 Å². The molecule has 0 aliphatic rings. The lowest BCUT2D eigenvalue weighted by atomic mass is 10.4. The molecule has 1 rings (SSSR count). The van der Waals surface area contributed by atoms with E-state index in [2.05, 4.69) is 26.5 Å². The predicted molar refractivity (Wildman–Crippen MR) is 56.2 cm³/mol. The van der Waals surface area contributed by atoms with E-state index in [1.807, 2.05) is 0 Å². The number of aryl methyl sites for hydroxylation is 1. The van der Waals surface area contributed by atoms with Crippen molar-refractivity contribution in [1.29, 1.82) is 0 Å². The van der Waals surface area contributed by atoms with Crippen LogP contribution in [0.3, 0.4) is 0 Å². The molecule has 0 atom stereocenters. The van der Waals surface area contributed by atoms with Crippen LogP contribution in [-0.2, 0) is 22.6 Å². The van der Waals surface area contributed by atoms with E-state index in [1.165, 1.54) is 7.11 Å². The van der Waals surface area contributed by atoms with Gasteiger partial charge in [0.2, 0.25) is 0 Å². The van der Waals surface area contributed by atoms with Gasteiger partial charge in [-0.25, -0.2) is 4.98 Å². The molecule has 0 aliphatic heterocycles. The summed E-state index contributed by atoms with van der Waals surface area (Å²) in [5.41, 5.74) is 1.08. The molecule has 1 aromatic rings. The van der Waals surface area contributed by atoms with Crippen molar-refractivity contribution in [2.45, 2.75) is 26.4 Å². The van der Waals surface area contributed by atoms with Crippen LogP contribution in [0, 0.1) is 0 Å². The van der Waals surface area contributed by atoms with E-state index < -0.39 is 0 Å². The number of carbonyl (C=O) groups is 1. The Bertz CT molecular complexity index is 309. The minimum atomic E-state index is -0.253. The van der Waals surface area contributed by atoms with Gasteiger partial charge in [-0.05, 0) is 6.42 Å². The van der Waals surface area contributed by atoms with Crippen LogP contribution in [0.5, 0.6) is 0 Å². The largest absolute Gasteiger partial charge is 0.468 e. The van der Waals surface area contributed by atoms with Gasteiger partial charge in [-0.2, -0.15) is 0 Å². The molecule has 1 N–H and O–H groups in total. The Balaban J connectivity index is 2.36. The average molecular weight is 211 g/mol. The van der Waals surface area contributed by atoms with Crippen molar-refractivity contribution in [3.63, 3.8) is 0 Å². The molecule has 1 heterocycles. The maximum absolute atomic E-state index is 10.8. The van der Waals surface area contributed by atoms with Gasteiger partial charge in [-0.15, -0.1) is 0 Å². The van der Waals surface area contributed by atoms with Crippen molar-refractivity contribution >= 4 is 5.97 Å². The highest BCUT2D eigenvalue weighted by molar-refractivity contribution is 5.71. The zero-order chi connectivity index (χ0) is 11.1. The van der Waals surface area contributed by atoms with Crippen LogP contribution in [0.1, 0.15) is 19.0 Å². The molecule has 84 valence electrons. The van der Waals surface area contributed by atoms with Crippen molar-refractivity contribution in [2.24, 2.45) is 0 Å². The summed E-state index contributed by atoms with van der Waals surface area (Å²) in [5, 5.41) is 3.00. The summed E-state index contributed by atoms with van der Waals surface area (Å²) >= 11 is 0. The van der Waals surface area contributed by atoms with E-state index in [9.17, 15) is 4.79 Å². The Morgan fingerprint density at radius 1 is 1.67 bits per heavy atom. The highest BCUT2D eigenvalue weighted by Gasteiger charge is 2.02. The molecule has 0 bridgehead atoms. The Morgan fingerprint density at radius 3 is 3.13 bits per heavy atom. The second-order valence-electron chi connectivity index (χ2n) is 3.26. The zero-order valence-electron chi connectivity index (χ0n) is 9.19. The normalized spacial score (nSPS) is 10.3. The van der Waals surface area contributed by atoms with Crippen LogP contribution in [-0.4, -0.2) is 29.2 Å². The lowest BCUT2D eigenvalue weighted by molar-refractivity contribution is -0.139. The number of hydrogen-bond acceptors (Lipinski definition) is 4. The first kappa shape index (κ1) is 11.7. The van der Waals surface area contributed by atoms with Gasteiger partial charge < -0.3 is 14.6 Å². The number of hydrogen-bond donors (Lipinski definition) is 1. The number of aromatic nitrogens is 2. The summed E-state index contributed by atoms with van der Waals surface area (Å²) in [4.78, 5) is 14.9. The maximum Gasteiger partial charge on any atom is 0.319 e. The number of carbonyl (C=O) groups excluding carboxylic acids is 1. The number of esters is 1. The molecule has 0 saturated heterocycles. The smallest absolute Gasteiger partial charge is 0.319 e. The van der Waals surface area contributed by atoms with E-state index in [0.29, 0.717) is 6.54 Å². The highest BCUT2D eigenvalue weighted by atomic mass is 16.5. The number of methoxy groups -OCH3 is 1. The lowest BCUT2D eigenvalue weighted by Crippen LogP contribution is -2.24. The fraction of sp³-hybridized carbons (Fsp3) is 0.600. The fourth-order valence-corrected chi connectivity index (χ4v) is 1.30. The summed E-state index contributed by atoms with van der Waals surface area (Å²) in [5.74, 6) is -0.253. The van der Waals surface area contributed by atoms with Gasteiger partial charge >= 0.3 is 5.97 Å². The number of ether oxygens (including phenoxy) is 1. The zero-order valence-corrected chi connectivity index (χ0v) is 9.19. The molecule has 15 heavy (non-hydrogen) atoms. The summed E-state index contributed by atoms with van der Waals surface area (Å²) < 4.78 is 6.60. The molecule has 5 heteroatoms. The Morgan fingerprint density at radius 2 is 2.47 bits per heavy atom. The van der Waals surface area contributed by atoms with Crippen molar-refractivity contribution < 1.29 is 9.53 Å². The second-order valence-corrected chi connectivity index (χ2v) is 3.26. The molecule has 0 aliphatic carbocycles. The molecular formula is C10H17N3O2. The molecular weight excluding hydrogens is 194 g/mol. The summed E-state index contributed by atoms with van der Waals surface area (Å²) in [7, 11) is 1.38. The topological polar surface area (TPSA) is 56.2 Å². The molecule has 0 amide bonds. The van der Waals surface area contributed by atoms with Crippen LogP contribution in [0.15, 0.2) is 12.5 Å². The van der Waals surface area contributed by atoms with Crippen molar-refractivity contribution in [3.8, 4) is 0 Å². The SMILES string of the molecule is CCCn1cncc1CNCC(=O)OC. The fourth-order valence-electron chi connectivity index (χ4n) is 1.30. The van der Waals surface area contributed by atoms with Crippen LogP contribution in [0.4, 0.5) is 0 Å². The maximum atomic E-state index is 10.8. The molecule has 0 spiro atoms. The third kappa shape index (κ3) is 3.71. The summed E-state index contributed by atoms with van der Waals surface area (Å²) in [6.07, 6.45) is 4.68. The molecule has 1 aromatic heterocycles. The standard InChI is InChI=1S/C10H17N3O2/c1-3-4-13-8-12-6-9(13)5-11-7-10(14)15-2/h6,8,11H,3-5,7H2,1-2H3. The van der Waals surface area contributed by atoms with Crippen molar-refractivity contribution in [1.82, 2.24) is 14.9 Å². The molecule has 0 fully saturated rings. The Labute approximate surface area is 89.4 Å². The summed E-state index contributed by atoms with van der Waals surface area (Å²) in [6, 6.07) is 0. The first-order valence-electron chi connectivity index (χ1n) is 5.04. The highest BCUT2D eigenvalue weighted by Crippen LogP contribution is 1.99. The van der Waals surface area contributed by atoms with E-state index in [-0.39, 0.29) is 12.5 Å². The number of imidazole rings is 1. The van der Waals surface area contributed by atoms with Crippen molar-refractivity contribution in [2.75, 3.05) is 13.7 Å². The van der Waals surface area contributed by atoms with Gasteiger partial charge in [0.15, 0.2) is 0 Å². The van der Waals surface area contributed by atoms with E-state index in [0.717, 1.165) is 18.7 Å². The minimum Gasteiger partial charge on any atom is -0.468 e. The van der Waals surface area contributed by atoms with Gasteiger partial charge in [0.1, 0.15) is 0 Å². The second kappa shape index (κ2) is 6.19. The monoisotopic (exact) mass is 211 g/mol. The number of nitrogens with zero attached hydrogens (tertiary/aromatic N) is 2. The average Bonchev–Trinajstić information content (AvgIpc) is 2.66. The van der Waals surface area contributed by atoms with Gasteiger partial charge in [0.25, 0.3) is 0 Å². The Hall–Kier alpha value is -1.36. The molecule has 5 nitrogen and oxygen atoms in total. The quantitative estimate of drug-likeness (QED) is 0.698. The Kier molecular flexibility index (Phi) is 4.83. The van der Waals surface area contributed by atoms with Gasteiger partial charge in [-0.3, -0.25) is 4.79 Å². The lowest BCUT2D eigenvalue weighted by Gasteiger charge is -2.07. The van der Waals surface area contributed by atoms with Gasteiger partial charge in [-0.1, -0.05) is 6.92 Å². The third-order valence-corrected chi connectivity index (χ3v) is 2.07. The molecule has 0 radical (unpaired) electrons. The third-order valence-electron chi connectivity index (χ3n) is 2.07. The van der Waals surface area contributed by atoms with Gasteiger partial charge in [0, 0.05) is 19.3 Å². The molecule has 0 aromatic carbocycles.